The average molecular weight is 381 g/mol. The third kappa shape index (κ3) is 4.56. The Bertz CT molecular complexity index is 750. The molecule has 1 amide bonds. The van der Waals surface area contributed by atoms with E-state index in [1.807, 2.05) is 4.90 Å². The Hall–Kier alpha value is -1.52. The van der Waals surface area contributed by atoms with Crippen molar-refractivity contribution in [2.75, 3.05) is 13.1 Å². The number of aryl methyl sites for hydroxylation is 1. The summed E-state index contributed by atoms with van der Waals surface area (Å²) in [5.74, 6) is 2.43. The van der Waals surface area contributed by atoms with E-state index >= 15 is 0 Å². The van der Waals surface area contributed by atoms with Crippen LogP contribution in [0.3, 0.4) is 0 Å². The number of carbonyl (C=O) groups excluding carboxylic acids is 1. The number of hydrogen-bond acceptors (Lipinski definition) is 3. The van der Waals surface area contributed by atoms with Gasteiger partial charge in [0.2, 0.25) is 5.91 Å². The maximum atomic E-state index is 12.5. The summed E-state index contributed by atoms with van der Waals surface area (Å²) in [6, 6.07) is 5.23. The van der Waals surface area contributed by atoms with E-state index in [4.69, 9.17) is 27.6 Å². The van der Waals surface area contributed by atoms with E-state index in [9.17, 15) is 4.79 Å². The van der Waals surface area contributed by atoms with Crippen molar-refractivity contribution in [1.82, 2.24) is 9.88 Å². The molecule has 0 saturated carbocycles. The molecule has 134 valence electrons. The largest absolute Gasteiger partial charge is 0.441 e. The molecule has 1 aromatic heterocycles. The third-order valence-corrected chi connectivity index (χ3v) is 5.07. The minimum Gasteiger partial charge on any atom is -0.441 e. The minimum absolute atomic E-state index is 0.169. The second kappa shape index (κ2) is 7.79. The highest BCUT2D eigenvalue weighted by Crippen LogP contribution is 2.31. The number of rotatable bonds is 4. The zero-order chi connectivity index (χ0) is 18.0. The van der Waals surface area contributed by atoms with Crippen LogP contribution in [-0.4, -0.2) is 28.9 Å². The Morgan fingerprint density at radius 2 is 2.00 bits per heavy atom. The Morgan fingerprint density at radius 3 is 2.68 bits per heavy atom. The number of benzene rings is 1. The quantitative estimate of drug-likeness (QED) is 0.742. The fourth-order valence-electron chi connectivity index (χ4n) is 3.48. The molecule has 1 aliphatic rings. The topological polar surface area (TPSA) is 46.3 Å². The highest BCUT2D eigenvalue weighted by molar-refractivity contribution is 6.36. The van der Waals surface area contributed by atoms with Gasteiger partial charge in [0.1, 0.15) is 0 Å². The van der Waals surface area contributed by atoms with E-state index in [1.165, 1.54) is 6.42 Å². The van der Waals surface area contributed by atoms with Gasteiger partial charge in [-0.25, -0.2) is 4.98 Å². The van der Waals surface area contributed by atoms with E-state index in [2.05, 4.69) is 18.8 Å². The highest BCUT2D eigenvalue weighted by Gasteiger charge is 2.25. The van der Waals surface area contributed by atoms with E-state index in [0.717, 1.165) is 18.7 Å². The molecule has 3 rings (SSSR count). The van der Waals surface area contributed by atoms with Gasteiger partial charge in [0.15, 0.2) is 11.7 Å². The molecule has 0 unspecified atom stereocenters. The summed E-state index contributed by atoms with van der Waals surface area (Å²) in [7, 11) is 0. The lowest BCUT2D eigenvalue weighted by Gasteiger charge is -2.35. The Labute approximate surface area is 158 Å². The fraction of sp³-hybridized carbons (Fsp3) is 0.474. The van der Waals surface area contributed by atoms with Crippen LogP contribution < -0.4 is 0 Å². The van der Waals surface area contributed by atoms with Crippen LogP contribution in [0.1, 0.15) is 32.6 Å². The molecule has 6 heteroatoms. The summed E-state index contributed by atoms with van der Waals surface area (Å²) in [5.41, 5.74) is 0.745. The monoisotopic (exact) mass is 380 g/mol. The van der Waals surface area contributed by atoms with Gasteiger partial charge in [0.25, 0.3) is 0 Å². The lowest BCUT2D eigenvalue weighted by atomic mass is 9.91. The molecule has 1 saturated heterocycles. The molecular weight excluding hydrogens is 359 g/mol. The number of halogens is 2. The molecule has 4 nitrogen and oxygen atoms in total. The molecule has 2 heterocycles. The predicted molar refractivity (Wildman–Crippen MR) is 99.8 cm³/mol. The lowest BCUT2D eigenvalue weighted by Crippen LogP contribution is -2.42. The number of carbonyl (C=O) groups is 1. The first kappa shape index (κ1) is 18.3. The van der Waals surface area contributed by atoms with Crippen LogP contribution >= 0.6 is 23.2 Å². The summed E-state index contributed by atoms with van der Waals surface area (Å²) >= 11 is 12.1. The maximum absolute atomic E-state index is 12.5. The van der Waals surface area contributed by atoms with Crippen molar-refractivity contribution in [1.29, 1.82) is 0 Å². The number of piperidine rings is 1. The number of nitrogens with zero attached hydrogens (tertiary/aromatic N) is 2. The third-order valence-electron chi connectivity index (χ3n) is 4.52. The molecular formula is C19H22Cl2N2O2. The molecule has 0 spiro atoms. The number of amides is 1. The van der Waals surface area contributed by atoms with Crippen LogP contribution in [-0.2, 0) is 11.2 Å². The van der Waals surface area contributed by atoms with Gasteiger partial charge >= 0.3 is 0 Å². The van der Waals surface area contributed by atoms with Gasteiger partial charge < -0.3 is 9.32 Å². The first-order valence-corrected chi connectivity index (χ1v) is 9.36. The van der Waals surface area contributed by atoms with E-state index in [0.29, 0.717) is 46.4 Å². The van der Waals surface area contributed by atoms with Crippen LogP contribution in [0, 0.1) is 11.8 Å². The number of hydrogen-bond donors (Lipinski definition) is 0. The fourth-order valence-corrected chi connectivity index (χ4v) is 3.98. The van der Waals surface area contributed by atoms with Crippen LogP contribution in [0.5, 0.6) is 0 Å². The molecule has 0 aliphatic carbocycles. The van der Waals surface area contributed by atoms with Crippen molar-refractivity contribution in [3.63, 3.8) is 0 Å². The second-order valence-electron chi connectivity index (χ2n) is 6.99. The van der Waals surface area contributed by atoms with Crippen molar-refractivity contribution < 1.29 is 9.21 Å². The zero-order valence-corrected chi connectivity index (χ0v) is 16.0. The van der Waals surface area contributed by atoms with Crippen molar-refractivity contribution in [2.45, 2.75) is 33.1 Å². The molecule has 2 aromatic rings. The SMILES string of the molecule is C[C@H]1C[C@H](C)CN(C(=O)CCc2ncc(-c3ccc(Cl)cc3Cl)o2)C1. The molecule has 2 atom stereocenters. The summed E-state index contributed by atoms with van der Waals surface area (Å²) in [6.07, 6.45) is 3.73. The normalized spacial score (nSPS) is 20.7. The Kier molecular flexibility index (Phi) is 5.70. The van der Waals surface area contributed by atoms with Crippen molar-refractivity contribution in [2.24, 2.45) is 11.8 Å². The molecule has 1 aromatic carbocycles. The van der Waals surface area contributed by atoms with Gasteiger partial charge in [-0.05, 0) is 36.5 Å². The van der Waals surface area contributed by atoms with Gasteiger partial charge in [0, 0.05) is 36.5 Å². The second-order valence-corrected chi connectivity index (χ2v) is 7.83. The average Bonchev–Trinajstić information content (AvgIpc) is 3.00. The van der Waals surface area contributed by atoms with Gasteiger partial charge in [0.05, 0.1) is 11.2 Å². The summed E-state index contributed by atoms with van der Waals surface area (Å²) in [5, 5.41) is 1.09. The highest BCUT2D eigenvalue weighted by atomic mass is 35.5. The van der Waals surface area contributed by atoms with Crippen molar-refractivity contribution in [3.8, 4) is 11.3 Å². The van der Waals surface area contributed by atoms with E-state index in [1.54, 1.807) is 24.4 Å². The zero-order valence-electron chi connectivity index (χ0n) is 14.5. The number of likely N-dealkylation sites (tertiary alicyclic amines) is 1. The van der Waals surface area contributed by atoms with Crippen molar-refractivity contribution in [3.05, 3.63) is 40.3 Å². The maximum Gasteiger partial charge on any atom is 0.223 e. The minimum atomic E-state index is 0.169. The first-order chi connectivity index (χ1) is 11.9. The van der Waals surface area contributed by atoms with Crippen LogP contribution in [0.25, 0.3) is 11.3 Å². The smallest absolute Gasteiger partial charge is 0.223 e. The summed E-state index contributed by atoms with van der Waals surface area (Å²) in [6.45, 7) is 6.10. The Balaban J connectivity index is 1.61. The van der Waals surface area contributed by atoms with E-state index < -0.39 is 0 Å². The van der Waals surface area contributed by atoms with Gasteiger partial charge in [-0.3, -0.25) is 4.79 Å². The lowest BCUT2D eigenvalue weighted by molar-refractivity contribution is -0.133. The molecule has 0 radical (unpaired) electrons. The molecule has 0 N–H and O–H groups in total. The standard InChI is InChI=1S/C19H22Cl2N2O2/c1-12-7-13(2)11-23(10-12)19(24)6-5-18-22-9-17(25-18)15-4-3-14(20)8-16(15)21/h3-4,8-9,12-13H,5-7,10-11H2,1-2H3/t12-,13-/m0/s1. The molecule has 0 bridgehead atoms. The van der Waals surface area contributed by atoms with Crippen LogP contribution in [0.2, 0.25) is 10.0 Å². The van der Waals surface area contributed by atoms with Crippen molar-refractivity contribution >= 4 is 29.1 Å². The van der Waals surface area contributed by atoms with Gasteiger partial charge in [-0.2, -0.15) is 0 Å². The Morgan fingerprint density at radius 1 is 1.28 bits per heavy atom. The van der Waals surface area contributed by atoms with Gasteiger partial charge in [-0.15, -0.1) is 0 Å². The number of aromatic nitrogens is 1. The van der Waals surface area contributed by atoms with Crippen LogP contribution in [0.4, 0.5) is 0 Å². The van der Waals surface area contributed by atoms with Crippen LogP contribution in [0.15, 0.2) is 28.8 Å². The first-order valence-electron chi connectivity index (χ1n) is 8.60. The molecule has 1 aliphatic heterocycles. The van der Waals surface area contributed by atoms with Gasteiger partial charge in [-0.1, -0.05) is 37.0 Å². The summed E-state index contributed by atoms with van der Waals surface area (Å²) < 4.78 is 5.76. The predicted octanol–water partition coefficient (Wildman–Crippen LogP) is 5.09. The molecule has 25 heavy (non-hydrogen) atoms. The molecule has 1 fully saturated rings. The van der Waals surface area contributed by atoms with E-state index in [-0.39, 0.29) is 5.91 Å². The number of oxazole rings is 1. The summed E-state index contributed by atoms with van der Waals surface area (Å²) in [4.78, 5) is 18.7.